The number of hydrogen-bond donors (Lipinski definition) is 1. The molecule has 0 aliphatic heterocycles. The second-order valence-electron chi connectivity index (χ2n) is 9.30. The molecule has 2 aromatic carbocycles. The zero-order chi connectivity index (χ0) is 24.0. The van der Waals surface area contributed by atoms with Gasteiger partial charge in [-0.3, -0.25) is 14.5 Å². The molecule has 4 rings (SSSR count). The summed E-state index contributed by atoms with van der Waals surface area (Å²) in [5, 5.41) is 0.844. The molecule has 0 spiro atoms. The fourth-order valence-corrected chi connectivity index (χ4v) is 4.36. The zero-order valence-electron chi connectivity index (χ0n) is 18.9. The van der Waals surface area contributed by atoms with Crippen LogP contribution < -0.4 is 4.72 Å². The van der Waals surface area contributed by atoms with Crippen LogP contribution in [0.5, 0.6) is 0 Å². The fraction of sp³-hybridized carbons (Fsp3) is 0.231. The molecule has 0 amide bonds. The number of carbonyl (C=O) groups is 1. The van der Waals surface area contributed by atoms with E-state index < -0.39 is 15.9 Å². The van der Waals surface area contributed by atoms with Crippen LogP contribution in [0.2, 0.25) is 0 Å². The lowest BCUT2D eigenvalue weighted by atomic mass is 9.82. The van der Waals surface area contributed by atoms with Crippen LogP contribution >= 0.6 is 0 Å². The lowest BCUT2D eigenvalue weighted by molar-refractivity contribution is -0.113. The number of halogens is 1. The number of carbonyl (C=O) groups excluding carboxylic acids is 1. The van der Waals surface area contributed by atoms with Crippen LogP contribution in [-0.4, -0.2) is 25.4 Å². The molecule has 0 saturated carbocycles. The number of pyridine rings is 1. The van der Waals surface area contributed by atoms with Crippen molar-refractivity contribution in [1.82, 2.24) is 4.98 Å². The average Bonchev–Trinajstić information content (AvgIpc) is 2.73. The molecule has 0 fully saturated rings. The second kappa shape index (κ2) is 8.23. The molecule has 3 aromatic rings. The topological polar surface area (TPSA) is 76.1 Å². The largest absolute Gasteiger partial charge is 0.294 e. The molecule has 7 heteroatoms. The first kappa shape index (κ1) is 22.9. The molecule has 1 aliphatic rings. The minimum atomic E-state index is -3.35. The van der Waals surface area contributed by atoms with E-state index in [4.69, 9.17) is 0 Å². The molecule has 0 atom stereocenters. The second-order valence-corrected chi connectivity index (χ2v) is 11.0. The molecule has 5 nitrogen and oxygen atoms in total. The summed E-state index contributed by atoms with van der Waals surface area (Å²) in [6.07, 6.45) is 5.42. The van der Waals surface area contributed by atoms with Gasteiger partial charge in [0.2, 0.25) is 10.0 Å². The van der Waals surface area contributed by atoms with Crippen molar-refractivity contribution in [3.8, 4) is 11.1 Å². The van der Waals surface area contributed by atoms with Gasteiger partial charge in [0.05, 0.1) is 11.8 Å². The summed E-state index contributed by atoms with van der Waals surface area (Å²) < 4.78 is 39.4. The number of hydrogen-bond acceptors (Lipinski definition) is 4. The summed E-state index contributed by atoms with van der Waals surface area (Å²) >= 11 is 0. The monoisotopic (exact) mass is 464 g/mol. The molecular weight excluding hydrogens is 439 g/mol. The minimum absolute atomic E-state index is 0.0326. The quantitative estimate of drug-likeness (QED) is 0.531. The molecule has 1 aromatic heterocycles. The van der Waals surface area contributed by atoms with Gasteiger partial charge < -0.3 is 0 Å². The highest BCUT2D eigenvalue weighted by atomic mass is 32.2. The van der Waals surface area contributed by atoms with Crippen LogP contribution in [0, 0.1) is 0 Å². The predicted molar refractivity (Wildman–Crippen MR) is 131 cm³/mol. The number of allylic oxidation sites excluding steroid dienone is 4. The molecule has 1 heterocycles. The standard InChI is InChI=1S/C26H25FN2O3S/c1-26(2,3)19-12-17-11-18(16-5-8-21(9-6-16)29-33(4,31)32)15-28-25(17)23(13-19)22-14-20(27)7-10-24(22)30/h5-9,11-15,29H,10H2,1-4H3. The molecule has 0 saturated heterocycles. The van der Waals surface area contributed by atoms with Crippen molar-refractivity contribution in [2.75, 3.05) is 11.0 Å². The number of ketones is 1. The summed E-state index contributed by atoms with van der Waals surface area (Å²) in [5.41, 5.74) is 4.62. The third kappa shape index (κ3) is 5.03. The van der Waals surface area contributed by atoms with Crippen LogP contribution in [0.1, 0.15) is 38.3 Å². The van der Waals surface area contributed by atoms with Crippen LogP contribution in [0.25, 0.3) is 27.6 Å². The highest BCUT2D eigenvalue weighted by Crippen LogP contribution is 2.35. The van der Waals surface area contributed by atoms with E-state index >= 15 is 0 Å². The Kier molecular flexibility index (Phi) is 5.70. The summed E-state index contributed by atoms with van der Waals surface area (Å²) in [6.45, 7) is 6.25. The third-order valence-electron chi connectivity index (χ3n) is 5.53. The van der Waals surface area contributed by atoms with E-state index in [9.17, 15) is 17.6 Å². The van der Waals surface area contributed by atoms with E-state index in [0.717, 1.165) is 28.3 Å². The highest BCUT2D eigenvalue weighted by Gasteiger charge is 2.23. The summed E-state index contributed by atoms with van der Waals surface area (Å²) in [7, 11) is -3.35. The number of sulfonamides is 1. The number of nitrogens with one attached hydrogen (secondary N) is 1. The molecular formula is C26H25FN2O3S. The van der Waals surface area contributed by atoms with Gasteiger partial charge in [0.15, 0.2) is 5.78 Å². The van der Waals surface area contributed by atoms with E-state index in [-0.39, 0.29) is 17.6 Å². The predicted octanol–water partition coefficient (Wildman–Crippen LogP) is 5.78. The van der Waals surface area contributed by atoms with Crippen LogP contribution in [0.4, 0.5) is 10.1 Å². The van der Waals surface area contributed by atoms with Gasteiger partial charge in [0, 0.05) is 40.4 Å². The van der Waals surface area contributed by atoms with Crippen molar-refractivity contribution >= 4 is 38.0 Å². The molecule has 170 valence electrons. The van der Waals surface area contributed by atoms with Crippen LogP contribution in [-0.2, 0) is 20.2 Å². The Morgan fingerprint density at radius 3 is 2.36 bits per heavy atom. The number of anilines is 1. The molecule has 33 heavy (non-hydrogen) atoms. The Bertz CT molecular complexity index is 1430. The maximum absolute atomic E-state index is 14.0. The maximum atomic E-state index is 14.0. The van der Waals surface area contributed by atoms with Gasteiger partial charge in [0.25, 0.3) is 0 Å². The first-order chi connectivity index (χ1) is 15.4. The number of fused-ring (bicyclic) bond motifs is 1. The van der Waals surface area contributed by atoms with Gasteiger partial charge in [-0.05, 0) is 59.0 Å². The summed E-state index contributed by atoms with van der Waals surface area (Å²) in [4.78, 5) is 17.3. The van der Waals surface area contributed by atoms with Gasteiger partial charge >= 0.3 is 0 Å². The van der Waals surface area contributed by atoms with Crippen molar-refractivity contribution in [3.05, 3.63) is 77.8 Å². The average molecular weight is 465 g/mol. The van der Waals surface area contributed by atoms with Crippen molar-refractivity contribution in [2.24, 2.45) is 0 Å². The summed E-state index contributed by atoms with van der Waals surface area (Å²) in [6, 6.07) is 13.0. The van der Waals surface area contributed by atoms with Crippen molar-refractivity contribution < 1.29 is 17.6 Å². The van der Waals surface area contributed by atoms with Crippen LogP contribution in [0.15, 0.2) is 66.6 Å². The number of aromatic nitrogens is 1. The molecule has 0 unspecified atom stereocenters. The lowest BCUT2D eigenvalue weighted by Crippen LogP contribution is -2.13. The first-order valence-electron chi connectivity index (χ1n) is 10.5. The zero-order valence-corrected chi connectivity index (χ0v) is 19.8. The number of nitrogens with zero attached hydrogens (tertiary/aromatic N) is 1. The summed E-state index contributed by atoms with van der Waals surface area (Å²) in [5.74, 6) is -0.554. The lowest BCUT2D eigenvalue weighted by Gasteiger charge is -2.22. The molecule has 0 bridgehead atoms. The van der Waals surface area contributed by atoms with Crippen molar-refractivity contribution in [3.63, 3.8) is 0 Å². The van der Waals surface area contributed by atoms with E-state index in [2.05, 4.69) is 36.5 Å². The van der Waals surface area contributed by atoms with Gasteiger partial charge in [0.1, 0.15) is 5.83 Å². The van der Waals surface area contributed by atoms with Gasteiger partial charge in [-0.2, -0.15) is 0 Å². The molecule has 1 N–H and O–H groups in total. The van der Waals surface area contributed by atoms with E-state index in [1.54, 1.807) is 18.3 Å². The fourth-order valence-electron chi connectivity index (χ4n) is 3.80. The van der Waals surface area contributed by atoms with Gasteiger partial charge in [-0.15, -0.1) is 0 Å². The Hall–Kier alpha value is -3.32. The molecule has 1 aliphatic carbocycles. The number of Topliss-reactive ketones (excluding diaryl/α,β-unsaturated/α-hetero) is 1. The van der Waals surface area contributed by atoms with Crippen molar-refractivity contribution in [2.45, 2.75) is 32.6 Å². The number of benzene rings is 2. The van der Waals surface area contributed by atoms with E-state index in [0.29, 0.717) is 22.3 Å². The first-order valence-corrected chi connectivity index (χ1v) is 12.4. The maximum Gasteiger partial charge on any atom is 0.229 e. The normalized spacial score (nSPS) is 14.8. The Morgan fingerprint density at radius 1 is 1.03 bits per heavy atom. The third-order valence-corrected chi connectivity index (χ3v) is 6.13. The Balaban J connectivity index is 1.85. The minimum Gasteiger partial charge on any atom is -0.294 e. The van der Waals surface area contributed by atoms with Crippen molar-refractivity contribution in [1.29, 1.82) is 0 Å². The van der Waals surface area contributed by atoms with E-state index in [1.807, 2.05) is 24.3 Å². The Labute approximate surface area is 193 Å². The smallest absolute Gasteiger partial charge is 0.229 e. The van der Waals surface area contributed by atoms with Gasteiger partial charge in [-0.1, -0.05) is 32.9 Å². The SMILES string of the molecule is CC(C)(C)c1cc(C2=CC(F)=CCC2=O)c2ncc(-c3ccc(NS(C)(=O)=O)cc3)cc2c1. The van der Waals surface area contributed by atoms with Gasteiger partial charge in [-0.25, -0.2) is 12.8 Å². The van der Waals surface area contributed by atoms with E-state index in [1.165, 1.54) is 12.2 Å². The van der Waals surface area contributed by atoms with Crippen LogP contribution in [0.3, 0.4) is 0 Å². The number of rotatable bonds is 4. The Morgan fingerprint density at radius 2 is 1.73 bits per heavy atom. The highest BCUT2D eigenvalue weighted by molar-refractivity contribution is 7.92. The molecule has 0 radical (unpaired) electrons.